The van der Waals surface area contributed by atoms with E-state index >= 15 is 0 Å². The van der Waals surface area contributed by atoms with Crippen LogP contribution >= 0.6 is 0 Å². The van der Waals surface area contributed by atoms with Gasteiger partial charge >= 0.3 is 0 Å². The number of hydrogen-bond acceptors (Lipinski definition) is 2. The average molecular weight is 299 g/mol. The molecule has 0 saturated heterocycles. The van der Waals surface area contributed by atoms with E-state index in [4.69, 9.17) is 4.98 Å². The van der Waals surface area contributed by atoms with Gasteiger partial charge in [-0.3, -0.25) is 4.98 Å². The topological polar surface area (TPSA) is 30.7 Å². The van der Waals surface area contributed by atoms with Crippen LogP contribution in [0, 0.1) is 6.92 Å². The summed E-state index contributed by atoms with van der Waals surface area (Å²) in [5.41, 5.74) is 6.65. The summed E-state index contributed by atoms with van der Waals surface area (Å²) in [6.07, 6.45) is 1.83. The van der Waals surface area contributed by atoms with Crippen molar-refractivity contribution in [2.75, 3.05) is 0 Å². The maximum atomic E-state index is 4.82. The molecule has 23 heavy (non-hydrogen) atoms. The second-order valence-electron chi connectivity index (χ2n) is 5.68. The van der Waals surface area contributed by atoms with Crippen LogP contribution in [0.25, 0.3) is 33.7 Å². The zero-order chi connectivity index (χ0) is 15.8. The predicted octanol–water partition coefficient (Wildman–Crippen LogP) is 4.61. The minimum absolute atomic E-state index is 0.987. The summed E-state index contributed by atoms with van der Waals surface area (Å²) in [5, 5.41) is 0. The van der Waals surface area contributed by atoms with Crippen molar-refractivity contribution < 1.29 is 0 Å². The zero-order valence-electron chi connectivity index (χ0n) is 13.2. The number of imidazole rings is 1. The Kier molecular flexibility index (Phi) is 3.19. The first-order chi connectivity index (χ1) is 11.3. The maximum absolute atomic E-state index is 4.82. The summed E-state index contributed by atoms with van der Waals surface area (Å²) >= 11 is 0. The molecule has 0 aliphatic rings. The minimum Gasteiger partial charge on any atom is -0.327 e. The molecule has 112 valence electrons. The van der Waals surface area contributed by atoms with Crippen molar-refractivity contribution in [3.63, 3.8) is 0 Å². The Morgan fingerprint density at radius 1 is 0.826 bits per heavy atom. The molecule has 4 aromatic rings. The molecule has 0 N–H and O–H groups in total. The fourth-order valence-electron chi connectivity index (χ4n) is 3.06. The van der Waals surface area contributed by atoms with Gasteiger partial charge in [0.25, 0.3) is 0 Å². The van der Waals surface area contributed by atoms with Gasteiger partial charge in [0.1, 0.15) is 5.82 Å². The van der Waals surface area contributed by atoms with Crippen LogP contribution in [0.2, 0.25) is 0 Å². The lowest BCUT2D eigenvalue weighted by atomic mass is 9.99. The quantitative estimate of drug-likeness (QED) is 0.541. The summed E-state index contributed by atoms with van der Waals surface area (Å²) in [4.78, 5) is 9.30. The molecule has 0 saturated carbocycles. The molecule has 0 radical (unpaired) electrons. The fraction of sp³-hybridized carbons (Fsp3) is 0.100. The maximum Gasteiger partial charge on any atom is 0.141 e. The SMILES string of the molecule is Cc1c(-c2ccccn2)cccc1-c1nc2ccccc2n1C. The van der Waals surface area contributed by atoms with E-state index < -0.39 is 0 Å². The second-order valence-corrected chi connectivity index (χ2v) is 5.68. The molecular weight excluding hydrogens is 282 g/mol. The zero-order valence-corrected chi connectivity index (χ0v) is 13.2. The highest BCUT2D eigenvalue weighted by molar-refractivity contribution is 5.83. The third-order valence-corrected chi connectivity index (χ3v) is 4.30. The lowest BCUT2D eigenvalue weighted by molar-refractivity contribution is 0.957. The smallest absolute Gasteiger partial charge is 0.141 e. The van der Waals surface area contributed by atoms with Crippen molar-refractivity contribution in [3.05, 3.63) is 72.4 Å². The summed E-state index contributed by atoms with van der Waals surface area (Å²) in [6.45, 7) is 2.14. The van der Waals surface area contributed by atoms with Crippen LogP contribution in [-0.4, -0.2) is 14.5 Å². The summed E-state index contributed by atoms with van der Waals surface area (Å²) in [5.74, 6) is 0.987. The van der Waals surface area contributed by atoms with Crippen molar-refractivity contribution >= 4 is 11.0 Å². The molecule has 0 fully saturated rings. The molecule has 0 unspecified atom stereocenters. The van der Waals surface area contributed by atoms with Crippen LogP contribution in [0.5, 0.6) is 0 Å². The number of fused-ring (bicyclic) bond motifs is 1. The predicted molar refractivity (Wildman–Crippen MR) is 94.1 cm³/mol. The van der Waals surface area contributed by atoms with Crippen molar-refractivity contribution in [2.24, 2.45) is 7.05 Å². The molecule has 0 bridgehead atoms. The van der Waals surface area contributed by atoms with Gasteiger partial charge in [0.2, 0.25) is 0 Å². The molecule has 0 aliphatic heterocycles. The molecule has 0 spiro atoms. The van der Waals surface area contributed by atoms with Gasteiger partial charge in [-0.1, -0.05) is 36.4 Å². The van der Waals surface area contributed by atoms with E-state index in [2.05, 4.69) is 53.9 Å². The Morgan fingerprint density at radius 2 is 1.61 bits per heavy atom. The molecular formula is C20H17N3. The first kappa shape index (κ1) is 13.7. The second kappa shape index (κ2) is 5.36. The Labute approximate surface area is 135 Å². The van der Waals surface area contributed by atoms with Gasteiger partial charge in [-0.15, -0.1) is 0 Å². The Bertz CT molecular complexity index is 984. The van der Waals surface area contributed by atoms with Crippen molar-refractivity contribution in [1.82, 2.24) is 14.5 Å². The lowest BCUT2D eigenvalue weighted by Gasteiger charge is -2.11. The van der Waals surface area contributed by atoms with Gasteiger partial charge in [-0.25, -0.2) is 4.98 Å². The number of aryl methyl sites for hydroxylation is 1. The molecule has 3 nitrogen and oxygen atoms in total. The Balaban J connectivity index is 1.94. The van der Waals surface area contributed by atoms with E-state index in [1.54, 1.807) is 0 Å². The lowest BCUT2D eigenvalue weighted by Crippen LogP contribution is -1.96. The number of aromatic nitrogens is 3. The number of benzene rings is 2. The number of hydrogen-bond donors (Lipinski definition) is 0. The van der Waals surface area contributed by atoms with Crippen LogP contribution in [-0.2, 0) is 7.05 Å². The summed E-state index contributed by atoms with van der Waals surface area (Å²) in [7, 11) is 2.07. The van der Waals surface area contributed by atoms with Crippen molar-refractivity contribution in [3.8, 4) is 22.6 Å². The minimum atomic E-state index is 0.987. The molecule has 0 amide bonds. The molecule has 0 aliphatic carbocycles. The van der Waals surface area contributed by atoms with Gasteiger partial charge in [0.05, 0.1) is 16.7 Å². The third-order valence-electron chi connectivity index (χ3n) is 4.30. The molecule has 2 aromatic carbocycles. The van der Waals surface area contributed by atoms with E-state index in [-0.39, 0.29) is 0 Å². The van der Waals surface area contributed by atoms with Crippen molar-refractivity contribution in [1.29, 1.82) is 0 Å². The van der Waals surface area contributed by atoms with Crippen LogP contribution in [0.15, 0.2) is 66.9 Å². The van der Waals surface area contributed by atoms with Crippen LogP contribution in [0.3, 0.4) is 0 Å². The Morgan fingerprint density at radius 3 is 2.39 bits per heavy atom. The number of para-hydroxylation sites is 2. The standard InChI is InChI=1S/C20H17N3/c1-14-15(17-10-5-6-13-21-17)8-7-9-16(14)20-22-18-11-3-4-12-19(18)23(20)2/h3-13H,1-2H3. The highest BCUT2D eigenvalue weighted by atomic mass is 15.1. The third kappa shape index (κ3) is 2.21. The average Bonchev–Trinajstić information content (AvgIpc) is 2.93. The number of pyridine rings is 1. The first-order valence-corrected chi connectivity index (χ1v) is 7.68. The summed E-state index contributed by atoms with van der Waals surface area (Å²) in [6, 6.07) is 20.5. The van der Waals surface area contributed by atoms with Gasteiger partial charge in [-0.2, -0.15) is 0 Å². The van der Waals surface area contributed by atoms with Crippen molar-refractivity contribution in [2.45, 2.75) is 6.92 Å². The van der Waals surface area contributed by atoms with Crippen LogP contribution in [0.4, 0.5) is 0 Å². The molecule has 2 heterocycles. The number of nitrogens with zero attached hydrogens (tertiary/aromatic N) is 3. The molecule has 2 aromatic heterocycles. The fourth-order valence-corrected chi connectivity index (χ4v) is 3.06. The monoisotopic (exact) mass is 299 g/mol. The van der Waals surface area contributed by atoms with Crippen LogP contribution in [0.1, 0.15) is 5.56 Å². The highest BCUT2D eigenvalue weighted by Crippen LogP contribution is 2.31. The van der Waals surface area contributed by atoms with Gasteiger partial charge in [0.15, 0.2) is 0 Å². The van der Waals surface area contributed by atoms with E-state index in [1.807, 2.05) is 36.5 Å². The van der Waals surface area contributed by atoms with Crippen LogP contribution < -0.4 is 0 Å². The largest absolute Gasteiger partial charge is 0.327 e. The van der Waals surface area contributed by atoms with Gasteiger partial charge in [0, 0.05) is 24.4 Å². The van der Waals surface area contributed by atoms with E-state index in [1.165, 1.54) is 5.56 Å². The summed E-state index contributed by atoms with van der Waals surface area (Å²) < 4.78 is 2.15. The Hall–Kier alpha value is -2.94. The van der Waals surface area contributed by atoms with E-state index in [0.29, 0.717) is 0 Å². The molecule has 4 rings (SSSR count). The van der Waals surface area contributed by atoms with E-state index in [0.717, 1.165) is 33.7 Å². The highest BCUT2D eigenvalue weighted by Gasteiger charge is 2.14. The van der Waals surface area contributed by atoms with E-state index in [9.17, 15) is 0 Å². The molecule has 3 heteroatoms. The molecule has 0 atom stereocenters. The number of rotatable bonds is 2. The first-order valence-electron chi connectivity index (χ1n) is 7.68. The van der Waals surface area contributed by atoms with Gasteiger partial charge < -0.3 is 4.57 Å². The van der Waals surface area contributed by atoms with Gasteiger partial charge in [-0.05, 0) is 36.8 Å². The normalized spacial score (nSPS) is 11.0.